The zero-order chi connectivity index (χ0) is 14.6. The van der Waals surface area contributed by atoms with Gasteiger partial charge in [-0.2, -0.15) is 0 Å². The van der Waals surface area contributed by atoms with Gasteiger partial charge in [0.2, 0.25) is 5.91 Å². The number of hydrogen-bond acceptors (Lipinski definition) is 3. The Labute approximate surface area is 126 Å². The van der Waals surface area contributed by atoms with Gasteiger partial charge in [0.05, 0.1) is 0 Å². The minimum Gasteiger partial charge on any atom is -0.406 e. The lowest BCUT2D eigenvalue weighted by molar-refractivity contribution is -0.274. The van der Waals surface area contributed by atoms with Crippen molar-refractivity contribution in [3.8, 4) is 5.75 Å². The molecule has 1 saturated heterocycles. The number of amides is 1. The molecule has 21 heavy (non-hydrogen) atoms. The maximum atomic E-state index is 12.1. The molecule has 1 unspecified atom stereocenters. The second-order valence-electron chi connectivity index (χ2n) is 4.62. The van der Waals surface area contributed by atoms with Crippen LogP contribution in [0.25, 0.3) is 0 Å². The molecule has 1 amide bonds. The number of rotatable bonds is 4. The van der Waals surface area contributed by atoms with E-state index in [-0.39, 0.29) is 35.8 Å². The quantitative estimate of drug-likeness (QED) is 0.895. The van der Waals surface area contributed by atoms with Gasteiger partial charge in [0.25, 0.3) is 0 Å². The lowest BCUT2D eigenvalue weighted by Crippen LogP contribution is -2.27. The Morgan fingerprint density at radius 3 is 2.81 bits per heavy atom. The molecular weight excluding hydrogens is 309 g/mol. The summed E-state index contributed by atoms with van der Waals surface area (Å²) in [6.07, 6.45) is -2.46. The molecule has 1 fully saturated rings. The topological polar surface area (TPSA) is 50.4 Å². The first-order valence-electron chi connectivity index (χ1n) is 6.31. The lowest BCUT2D eigenvalue weighted by Gasteiger charge is -2.12. The van der Waals surface area contributed by atoms with E-state index < -0.39 is 6.36 Å². The molecule has 1 aliphatic heterocycles. The molecule has 1 atom stereocenters. The predicted octanol–water partition coefficient (Wildman–Crippen LogP) is 3.09. The minimum absolute atomic E-state index is 0. The Hall–Kier alpha value is -1.47. The van der Waals surface area contributed by atoms with Crippen molar-refractivity contribution in [3.63, 3.8) is 0 Å². The zero-order valence-electron chi connectivity index (χ0n) is 11.1. The van der Waals surface area contributed by atoms with Crippen LogP contribution in [0.5, 0.6) is 5.75 Å². The maximum absolute atomic E-state index is 12.1. The minimum atomic E-state index is -4.74. The summed E-state index contributed by atoms with van der Waals surface area (Å²) < 4.78 is 40.1. The third kappa shape index (κ3) is 6.22. The first-order chi connectivity index (χ1) is 9.42. The summed E-state index contributed by atoms with van der Waals surface area (Å²) in [7, 11) is 0. The number of ether oxygens (including phenoxy) is 1. The number of hydrogen-bond donors (Lipinski definition) is 2. The van der Waals surface area contributed by atoms with E-state index in [1.54, 1.807) is 0 Å². The standard InChI is InChI=1S/C13H15F3N2O2.ClH/c14-13(15,16)20-11-5-1-3-10(7-11)18-12(19)8-9-4-2-6-17-9;/h1,3,5,7,9,17H,2,4,6,8H2,(H,18,19);1H. The number of benzene rings is 1. The summed E-state index contributed by atoms with van der Waals surface area (Å²) in [4.78, 5) is 11.8. The number of alkyl halides is 3. The first-order valence-corrected chi connectivity index (χ1v) is 6.31. The normalized spacial score (nSPS) is 18.0. The van der Waals surface area contributed by atoms with E-state index >= 15 is 0 Å². The largest absolute Gasteiger partial charge is 0.573 e. The highest BCUT2D eigenvalue weighted by molar-refractivity contribution is 5.91. The molecule has 1 aliphatic rings. The van der Waals surface area contributed by atoms with Crippen LogP contribution in [-0.2, 0) is 4.79 Å². The molecule has 1 aromatic carbocycles. The van der Waals surface area contributed by atoms with Crippen molar-refractivity contribution in [1.29, 1.82) is 0 Å². The Morgan fingerprint density at radius 2 is 2.19 bits per heavy atom. The summed E-state index contributed by atoms with van der Waals surface area (Å²) >= 11 is 0. The first kappa shape index (κ1) is 17.6. The molecule has 0 bridgehead atoms. The van der Waals surface area contributed by atoms with E-state index in [4.69, 9.17) is 0 Å². The van der Waals surface area contributed by atoms with Gasteiger partial charge in [-0.15, -0.1) is 25.6 Å². The third-order valence-electron chi connectivity index (χ3n) is 2.95. The van der Waals surface area contributed by atoms with E-state index in [0.29, 0.717) is 6.42 Å². The van der Waals surface area contributed by atoms with Crippen molar-refractivity contribution in [2.75, 3.05) is 11.9 Å². The Bertz CT molecular complexity index is 477. The molecule has 2 rings (SSSR count). The highest BCUT2D eigenvalue weighted by atomic mass is 35.5. The van der Waals surface area contributed by atoms with Crippen LogP contribution in [0.3, 0.4) is 0 Å². The summed E-state index contributed by atoms with van der Waals surface area (Å²) in [5.41, 5.74) is 0.287. The van der Waals surface area contributed by atoms with Crippen LogP contribution in [0.4, 0.5) is 18.9 Å². The van der Waals surface area contributed by atoms with Gasteiger partial charge in [-0.3, -0.25) is 4.79 Å². The fraction of sp³-hybridized carbons (Fsp3) is 0.462. The van der Waals surface area contributed by atoms with E-state index in [0.717, 1.165) is 25.5 Å². The van der Waals surface area contributed by atoms with Crippen molar-refractivity contribution in [1.82, 2.24) is 5.32 Å². The van der Waals surface area contributed by atoms with Gasteiger partial charge in [-0.1, -0.05) is 6.07 Å². The van der Waals surface area contributed by atoms with Crippen LogP contribution < -0.4 is 15.4 Å². The third-order valence-corrected chi connectivity index (χ3v) is 2.95. The average molecular weight is 325 g/mol. The number of carbonyl (C=O) groups is 1. The molecular formula is C13H16ClF3N2O2. The molecule has 0 radical (unpaired) electrons. The van der Waals surface area contributed by atoms with E-state index in [9.17, 15) is 18.0 Å². The molecule has 2 N–H and O–H groups in total. The SMILES string of the molecule is Cl.O=C(CC1CCCN1)Nc1cccc(OC(F)(F)F)c1. The lowest BCUT2D eigenvalue weighted by atomic mass is 10.1. The number of carbonyl (C=O) groups excluding carboxylic acids is 1. The van der Waals surface area contributed by atoms with Crippen LogP contribution in [-0.4, -0.2) is 24.9 Å². The van der Waals surface area contributed by atoms with Crippen molar-refractivity contribution in [3.05, 3.63) is 24.3 Å². The van der Waals surface area contributed by atoms with E-state index in [1.165, 1.54) is 18.2 Å². The second-order valence-corrected chi connectivity index (χ2v) is 4.62. The maximum Gasteiger partial charge on any atom is 0.573 e. The fourth-order valence-electron chi connectivity index (χ4n) is 2.14. The van der Waals surface area contributed by atoms with Gasteiger partial charge in [-0.25, -0.2) is 0 Å². The summed E-state index contributed by atoms with van der Waals surface area (Å²) in [6.45, 7) is 0.896. The summed E-state index contributed by atoms with van der Waals surface area (Å²) in [5.74, 6) is -0.581. The molecule has 1 aromatic rings. The van der Waals surface area contributed by atoms with Gasteiger partial charge in [0.1, 0.15) is 5.75 Å². The summed E-state index contributed by atoms with van der Waals surface area (Å²) in [6, 6.07) is 5.38. The van der Waals surface area contributed by atoms with Gasteiger partial charge in [0.15, 0.2) is 0 Å². The molecule has 0 aliphatic carbocycles. The highest BCUT2D eigenvalue weighted by Crippen LogP contribution is 2.25. The van der Waals surface area contributed by atoms with Crippen molar-refractivity contribution in [2.24, 2.45) is 0 Å². The fourth-order valence-corrected chi connectivity index (χ4v) is 2.14. The van der Waals surface area contributed by atoms with E-state index in [2.05, 4.69) is 15.4 Å². The molecule has 1 heterocycles. The van der Waals surface area contributed by atoms with Crippen LogP contribution in [0.15, 0.2) is 24.3 Å². The highest BCUT2D eigenvalue weighted by Gasteiger charge is 2.31. The monoisotopic (exact) mass is 324 g/mol. The van der Waals surface area contributed by atoms with Crippen LogP contribution in [0, 0.1) is 0 Å². The average Bonchev–Trinajstić information content (AvgIpc) is 2.79. The van der Waals surface area contributed by atoms with Gasteiger partial charge in [0, 0.05) is 24.2 Å². The number of nitrogens with one attached hydrogen (secondary N) is 2. The molecule has 0 aromatic heterocycles. The number of halogens is 4. The second kappa shape index (κ2) is 7.51. The predicted molar refractivity (Wildman–Crippen MR) is 74.6 cm³/mol. The Morgan fingerprint density at radius 1 is 1.43 bits per heavy atom. The molecule has 8 heteroatoms. The van der Waals surface area contributed by atoms with Crippen molar-refractivity contribution in [2.45, 2.75) is 31.7 Å². The molecule has 0 spiro atoms. The smallest absolute Gasteiger partial charge is 0.406 e. The Kier molecular flexibility index (Phi) is 6.29. The zero-order valence-corrected chi connectivity index (χ0v) is 11.9. The summed E-state index contributed by atoms with van der Waals surface area (Å²) in [5, 5.41) is 5.75. The van der Waals surface area contributed by atoms with Gasteiger partial charge < -0.3 is 15.4 Å². The van der Waals surface area contributed by atoms with Crippen LogP contribution in [0.1, 0.15) is 19.3 Å². The number of anilines is 1. The molecule has 118 valence electrons. The van der Waals surface area contributed by atoms with Gasteiger partial charge in [-0.05, 0) is 31.5 Å². The molecule has 0 saturated carbocycles. The van der Waals surface area contributed by atoms with Crippen molar-refractivity contribution < 1.29 is 22.7 Å². The molecule has 4 nitrogen and oxygen atoms in total. The van der Waals surface area contributed by atoms with E-state index in [1.807, 2.05) is 0 Å². The van der Waals surface area contributed by atoms with Crippen molar-refractivity contribution >= 4 is 24.0 Å². The Balaban J connectivity index is 0.00000220. The van der Waals surface area contributed by atoms with Gasteiger partial charge >= 0.3 is 6.36 Å². The van der Waals surface area contributed by atoms with Crippen LogP contribution in [0.2, 0.25) is 0 Å². The van der Waals surface area contributed by atoms with Crippen LogP contribution >= 0.6 is 12.4 Å².